The van der Waals surface area contributed by atoms with Gasteiger partial charge >= 0.3 is 0 Å². The number of nitrogens with zero attached hydrogens (tertiary/aromatic N) is 2. The fourth-order valence-corrected chi connectivity index (χ4v) is 2.78. The van der Waals surface area contributed by atoms with E-state index >= 15 is 0 Å². The Morgan fingerprint density at radius 1 is 1.20 bits per heavy atom. The second kappa shape index (κ2) is 8.09. The molecule has 0 radical (unpaired) electrons. The third-order valence-corrected chi connectivity index (χ3v) is 4.07. The highest BCUT2D eigenvalue weighted by molar-refractivity contribution is 7.99. The minimum absolute atomic E-state index is 0.282. The summed E-state index contributed by atoms with van der Waals surface area (Å²) < 4.78 is 12.6. The molecule has 5 heteroatoms. The van der Waals surface area contributed by atoms with Crippen LogP contribution in [0.5, 0.6) is 0 Å². The van der Waals surface area contributed by atoms with Crippen molar-refractivity contribution in [3.8, 4) is 0 Å². The summed E-state index contributed by atoms with van der Waals surface area (Å²) in [4.78, 5) is 5.30. The fourth-order valence-electron chi connectivity index (χ4n) is 1.95. The summed E-state index contributed by atoms with van der Waals surface area (Å²) in [6.07, 6.45) is 6.51. The molecule has 0 N–H and O–H groups in total. The normalized spacial score (nSPS) is 11.2. The maximum Gasteiger partial charge on any atom is 0.183 e. The zero-order valence-electron chi connectivity index (χ0n) is 11.9. The van der Waals surface area contributed by atoms with E-state index in [0.717, 1.165) is 24.3 Å². The molecular formula is C15H20N2O2S. The SMILES string of the molecule is COC(OC)c1ccc(SCCCn2ccnc2)cc1. The zero-order valence-corrected chi connectivity index (χ0v) is 12.7. The molecule has 0 saturated heterocycles. The maximum atomic E-state index is 5.23. The molecule has 0 aliphatic carbocycles. The highest BCUT2D eigenvalue weighted by Crippen LogP contribution is 2.23. The molecule has 1 aromatic heterocycles. The van der Waals surface area contributed by atoms with Crippen molar-refractivity contribution in [1.29, 1.82) is 0 Å². The smallest absolute Gasteiger partial charge is 0.183 e. The average molecular weight is 292 g/mol. The topological polar surface area (TPSA) is 36.3 Å². The van der Waals surface area contributed by atoms with Crippen LogP contribution in [0, 0.1) is 0 Å². The Hall–Kier alpha value is -1.30. The van der Waals surface area contributed by atoms with Gasteiger partial charge in [0.2, 0.25) is 0 Å². The van der Waals surface area contributed by atoms with E-state index in [4.69, 9.17) is 9.47 Å². The Morgan fingerprint density at radius 2 is 1.95 bits per heavy atom. The summed E-state index contributed by atoms with van der Waals surface area (Å²) in [5.41, 5.74) is 1.04. The van der Waals surface area contributed by atoms with Crippen LogP contribution in [-0.2, 0) is 16.0 Å². The highest BCUT2D eigenvalue weighted by Gasteiger charge is 2.07. The van der Waals surface area contributed by atoms with Crippen LogP contribution in [0.4, 0.5) is 0 Å². The third kappa shape index (κ3) is 4.37. The van der Waals surface area contributed by atoms with Crippen molar-refractivity contribution in [2.24, 2.45) is 0 Å². The Balaban J connectivity index is 1.76. The van der Waals surface area contributed by atoms with E-state index in [1.165, 1.54) is 4.90 Å². The lowest BCUT2D eigenvalue weighted by molar-refractivity contribution is -0.106. The van der Waals surface area contributed by atoms with Gasteiger partial charge in [-0.2, -0.15) is 0 Å². The number of hydrogen-bond acceptors (Lipinski definition) is 4. The van der Waals surface area contributed by atoms with E-state index in [2.05, 4.69) is 33.8 Å². The summed E-state index contributed by atoms with van der Waals surface area (Å²) >= 11 is 1.86. The lowest BCUT2D eigenvalue weighted by Gasteiger charge is -2.13. The van der Waals surface area contributed by atoms with Gasteiger partial charge in [0.1, 0.15) is 0 Å². The van der Waals surface area contributed by atoms with Gasteiger partial charge in [-0.1, -0.05) is 12.1 Å². The van der Waals surface area contributed by atoms with Crippen LogP contribution in [0.25, 0.3) is 0 Å². The van der Waals surface area contributed by atoms with Crippen molar-refractivity contribution in [2.75, 3.05) is 20.0 Å². The number of aryl methyl sites for hydroxylation is 1. The van der Waals surface area contributed by atoms with Crippen LogP contribution in [0.3, 0.4) is 0 Å². The molecule has 0 aliphatic heterocycles. The standard InChI is InChI=1S/C15H20N2O2S/c1-18-15(19-2)13-4-6-14(7-5-13)20-11-3-9-17-10-8-16-12-17/h4-8,10,12,15H,3,9,11H2,1-2H3. The van der Waals surface area contributed by atoms with Crippen LogP contribution in [-0.4, -0.2) is 29.5 Å². The molecule has 0 saturated carbocycles. The van der Waals surface area contributed by atoms with Gasteiger partial charge in [0, 0.05) is 43.6 Å². The summed E-state index contributed by atoms with van der Waals surface area (Å²) in [7, 11) is 3.29. The zero-order chi connectivity index (χ0) is 14.2. The fraction of sp³-hybridized carbons (Fsp3) is 0.400. The van der Waals surface area contributed by atoms with E-state index < -0.39 is 0 Å². The van der Waals surface area contributed by atoms with Crippen molar-refractivity contribution < 1.29 is 9.47 Å². The number of methoxy groups -OCH3 is 2. The molecule has 1 heterocycles. The first-order chi connectivity index (χ1) is 9.83. The van der Waals surface area contributed by atoms with E-state index in [0.29, 0.717) is 0 Å². The molecular weight excluding hydrogens is 272 g/mol. The molecule has 0 spiro atoms. The van der Waals surface area contributed by atoms with Crippen LogP contribution in [0.15, 0.2) is 47.9 Å². The van der Waals surface area contributed by atoms with Crippen molar-refractivity contribution in [3.05, 3.63) is 48.5 Å². The maximum absolute atomic E-state index is 5.23. The van der Waals surface area contributed by atoms with Gasteiger partial charge in [0.15, 0.2) is 6.29 Å². The Labute approximate surface area is 124 Å². The lowest BCUT2D eigenvalue weighted by atomic mass is 10.2. The number of hydrogen-bond donors (Lipinski definition) is 0. The van der Waals surface area contributed by atoms with Crippen molar-refractivity contribution in [2.45, 2.75) is 24.2 Å². The predicted octanol–water partition coefficient (Wildman–Crippen LogP) is 3.36. The van der Waals surface area contributed by atoms with Crippen LogP contribution in [0.2, 0.25) is 0 Å². The summed E-state index contributed by atoms with van der Waals surface area (Å²) in [5.74, 6) is 1.09. The molecule has 108 valence electrons. The van der Waals surface area contributed by atoms with Gasteiger partial charge in [-0.3, -0.25) is 0 Å². The summed E-state index contributed by atoms with van der Waals surface area (Å²) in [5, 5.41) is 0. The number of rotatable bonds is 8. The van der Waals surface area contributed by atoms with Gasteiger partial charge < -0.3 is 14.0 Å². The van der Waals surface area contributed by atoms with E-state index in [-0.39, 0.29) is 6.29 Å². The summed E-state index contributed by atoms with van der Waals surface area (Å²) in [6.45, 7) is 1.01. The predicted molar refractivity (Wildman–Crippen MR) is 80.8 cm³/mol. The van der Waals surface area contributed by atoms with E-state index in [1.807, 2.05) is 30.5 Å². The molecule has 0 fully saturated rings. The second-order valence-electron chi connectivity index (χ2n) is 4.37. The van der Waals surface area contributed by atoms with Crippen LogP contribution >= 0.6 is 11.8 Å². The van der Waals surface area contributed by atoms with Crippen LogP contribution in [0.1, 0.15) is 18.3 Å². The van der Waals surface area contributed by atoms with Crippen molar-refractivity contribution in [3.63, 3.8) is 0 Å². The van der Waals surface area contributed by atoms with Crippen LogP contribution < -0.4 is 0 Å². The van der Waals surface area contributed by atoms with Gasteiger partial charge in [0.05, 0.1) is 6.33 Å². The largest absolute Gasteiger partial charge is 0.352 e. The number of thioether (sulfide) groups is 1. The van der Waals surface area contributed by atoms with Crippen molar-refractivity contribution >= 4 is 11.8 Å². The second-order valence-corrected chi connectivity index (χ2v) is 5.54. The molecule has 20 heavy (non-hydrogen) atoms. The van der Waals surface area contributed by atoms with E-state index in [1.54, 1.807) is 14.2 Å². The van der Waals surface area contributed by atoms with Gasteiger partial charge in [-0.15, -0.1) is 11.8 Å². The van der Waals surface area contributed by atoms with E-state index in [9.17, 15) is 0 Å². The summed E-state index contributed by atoms with van der Waals surface area (Å²) in [6, 6.07) is 8.33. The molecule has 1 aromatic carbocycles. The molecule has 0 amide bonds. The van der Waals surface area contributed by atoms with Gasteiger partial charge in [-0.05, 0) is 24.3 Å². The Morgan fingerprint density at radius 3 is 2.55 bits per heavy atom. The highest BCUT2D eigenvalue weighted by atomic mass is 32.2. The molecule has 0 unspecified atom stereocenters. The minimum Gasteiger partial charge on any atom is -0.352 e. The van der Waals surface area contributed by atoms with Gasteiger partial charge in [-0.25, -0.2) is 4.98 Å². The lowest BCUT2D eigenvalue weighted by Crippen LogP contribution is -2.03. The first-order valence-electron chi connectivity index (χ1n) is 6.57. The minimum atomic E-state index is -0.282. The quantitative estimate of drug-likeness (QED) is 0.425. The molecule has 2 aromatic rings. The molecule has 0 bridgehead atoms. The Bertz CT molecular complexity index is 481. The Kier molecular flexibility index (Phi) is 6.11. The molecule has 0 aliphatic rings. The molecule has 4 nitrogen and oxygen atoms in total. The van der Waals surface area contributed by atoms with Crippen molar-refractivity contribution in [1.82, 2.24) is 9.55 Å². The monoisotopic (exact) mass is 292 g/mol. The first-order valence-corrected chi connectivity index (χ1v) is 7.56. The number of imidazole rings is 1. The molecule has 0 atom stereocenters. The molecule has 2 rings (SSSR count). The first kappa shape index (κ1) is 15.1. The number of aromatic nitrogens is 2. The number of benzene rings is 1. The average Bonchev–Trinajstić information content (AvgIpc) is 3.00. The van der Waals surface area contributed by atoms with Gasteiger partial charge in [0.25, 0.3) is 0 Å². The number of ether oxygens (including phenoxy) is 2. The third-order valence-electron chi connectivity index (χ3n) is 2.97.